The van der Waals surface area contributed by atoms with Crippen LogP contribution in [0, 0.1) is 5.82 Å². The number of allylic oxidation sites excluding steroid dienone is 1. The van der Waals surface area contributed by atoms with E-state index in [0.29, 0.717) is 22.5 Å². The number of para-hydroxylation sites is 1. The van der Waals surface area contributed by atoms with Crippen LogP contribution in [0.15, 0.2) is 59.4 Å². The zero-order valence-corrected chi connectivity index (χ0v) is 16.8. The number of aromatic nitrogens is 1. The largest absolute Gasteiger partial charge is 0.398 e. The van der Waals surface area contributed by atoms with Crippen LogP contribution in [0.1, 0.15) is 18.5 Å². The number of nitrogens with one attached hydrogen (secondary N) is 1. The topological polar surface area (TPSA) is 65.4 Å². The molecule has 1 atom stereocenters. The number of piperazine rings is 1. The predicted molar refractivity (Wildman–Crippen MR) is 120 cm³/mol. The maximum Gasteiger partial charge on any atom is 0.256 e. The maximum absolute atomic E-state index is 13.6. The Balaban J connectivity index is 1.34. The summed E-state index contributed by atoms with van der Waals surface area (Å²) in [5, 5.41) is 0.902. The molecule has 2 heterocycles. The Kier molecular flexibility index (Phi) is 4.79. The summed E-state index contributed by atoms with van der Waals surface area (Å²) in [5.74, 6) is -0.493. The highest BCUT2D eigenvalue weighted by atomic mass is 19.1. The molecule has 3 N–H and O–H groups in total. The lowest BCUT2D eigenvalue weighted by Gasteiger charge is -2.38. The van der Waals surface area contributed by atoms with Crippen molar-refractivity contribution in [2.45, 2.75) is 18.9 Å². The Morgan fingerprint density at radius 2 is 1.77 bits per heavy atom. The van der Waals surface area contributed by atoms with E-state index in [1.165, 1.54) is 17.8 Å². The molecule has 1 fully saturated rings. The predicted octanol–water partition coefficient (Wildman–Crippen LogP) is 3.62. The van der Waals surface area contributed by atoms with Gasteiger partial charge in [-0.25, -0.2) is 4.39 Å². The lowest BCUT2D eigenvalue weighted by molar-refractivity contribution is 0.214. The number of nitrogens with zero attached hydrogens (tertiary/aromatic N) is 2. The van der Waals surface area contributed by atoms with Gasteiger partial charge in [-0.15, -0.1) is 0 Å². The van der Waals surface area contributed by atoms with Crippen molar-refractivity contribution in [3.8, 4) is 0 Å². The molecular formula is C24H25FN4O. The summed E-state index contributed by atoms with van der Waals surface area (Å²) in [5.41, 5.74) is 9.17. The molecule has 5 rings (SSSR count). The Labute approximate surface area is 174 Å². The van der Waals surface area contributed by atoms with Crippen LogP contribution in [0.5, 0.6) is 0 Å². The van der Waals surface area contributed by atoms with E-state index in [1.54, 1.807) is 0 Å². The highest BCUT2D eigenvalue weighted by Gasteiger charge is 2.27. The first-order valence-corrected chi connectivity index (χ1v) is 10.5. The summed E-state index contributed by atoms with van der Waals surface area (Å²) >= 11 is 0. The van der Waals surface area contributed by atoms with Crippen molar-refractivity contribution in [3.63, 3.8) is 0 Å². The van der Waals surface area contributed by atoms with Gasteiger partial charge in [-0.2, -0.15) is 0 Å². The van der Waals surface area contributed by atoms with Gasteiger partial charge in [0.1, 0.15) is 5.82 Å². The standard InChI is InChI=1S/C24H25FN4O/c25-17-13-21-20(22(26)14-17)15-23(27-24(21)30)16-6-7-19(12-16)29-10-8-28(9-11-29)18-4-2-1-3-5-18/h1-5,12-15,19H,6-11,26H2,(H,27,30)/t19-/m1/s1. The summed E-state index contributed by atoms with van der Waals surface area (Å²) in [6.45, 7) is 4.06. The Morgan fingerprint density at radius 3 is 2.53 bits per heavy atom. The molecule has 1 saturated heterocycles. The molecule has 0 saturated carbocycles. The third-order valence-corrected chi connectivity index (χ3v) is 6.31. The second-order valence-corrected chi connectivity index (χ2v) is 8.12. The number of anilines is 2. The van der Waals surface area contributed by atoms with Crippen molar-refractivity contribution in [3.05, 3.63) is 76.5 Å². The van der Waals surface area contributed by atoms with Gasteiger partial charge in [-0.3, -0.25) is 9.69 Å². The second-order valence-electron chi connectivity index (χ2n) is 8.12. The number of pyridine rings is 1. The summed E-state index contributed by atoms with van der Waals surface area (Å²) in [7, 11) is 0. The number of aromatic amines is 1. The van der Waals surface area contributed by atoms with Gasteiger partial charge in [0.2, 0.25) is 0 Å². The number of halogens is 1. The quantitative estimate of drug-likeness (QED) is 0.655. The average molecular weight is 404 g/mol. The molecule has 0 spiro atoms. The van der Waals surface area contributed by atoms with Crippen LogP contribution in [0.3, 0.4) is 0 Å². The van der Waals surface area contributed by atoms with E-state index in [-0.39, 0.29) is 5.56 Å². The molecule has 5 nitrogen and oxygen atoms in total. The van der Waals surface area contributed by atoms with Gasteiger partial charge >= 0.3 is 0 Å². The van der Waals surface area contributed by atoms with Crippen molar-refractivity contribution in [2.24, 2.45) is 0 Å². The Bertz CT molecular complexity index is 1160. The van der Waals surface area contributed by atoms with E-state index in [4.69, 9.17) is 5.73 Å². The number of H-pyrrole nitrogens is 1. The van der Waals surface area contributed by atoms with Gasteiger partial charge in [0.25, 0.3) is 5.56 Å². The number of nitrogens with two attached hydrogens (primary N) is 1. The number of benzene rings is 2. The highest BCUT2D eigenvalue weighted by molar-refractivity contribution is 5.94. The fraction of sp³-hybridized carbons (Fsp3) is 0.292. The van der Waals surface area contributed by atoms with Crippen LogP contribution in [0.25, 0.3) is 16.3 Å². The summed E-state index contributed by atoms with van der Waals surface area (Å²) < 4.78 is 13.6. The van der Waals surface area contributed by atoms with E-state index in [0.717, 1.165) is 50.3 Å². The molecule has 154 valence electrons. The highest BCUT2D eigenvalue weighted by Crippen LogP contribution is 2.32. The molecule has 2 aromatic carbocycles. The van der Waals surface area contributed by atoms with Crippen LogP contribution in [0.4, 0.5) is 15.8 Å². The number of hydrogen-bond donors (Lipinski definition) is 2. The molecule has 0 unspecified atom stereocenters. The third-order valence-electron chi connectivity index (χ3n) is 6.31. The van der Waals surface area contributed by atoms with Crippen molar-refractivity contribution in [1.29, 1.82) is 0 Å². The molecule has 0 radical (unpaired) electrons. The number of rotatable bonds is 3. The first-order chi connectivity index (χ1) is 14.6. The molecule has 1 aliphatic heterocycles. The lowest BCUT2D eigenvalue weighted by atomic mass is 10.1. The van der Waals surface area contributed by atoms with Gasteiger partial charge in [0, 0.05) is 54.7 Å². The molecule has 3 aromatic rings. The fourth-order valence-electron chi connectivity index (χ4n) is 4.70. The minimum atomic E-state index is -0.493. The number of fused-ring (bicyclic) bond motifs is 1. The van der Waals surface area contributed by atoms with E-state index in [9.17, 15) is 9.18 Å². The van der Waals surface area contributed by atoms with E-state index >= 15 is 0 Å². The first-order valence-electron chi connectivity index (χ1n) is 10.5. The SMILES string of the molecule is Nc1cc(F)cc2c(=O)[nH]c(C3=C[C@H](N4CCN(c5ccccc5)CC4)CC3)cc12. The number of nitrogen functional groups attached to an aromatic ring is 1. The van der Waals surface area contributed by atoms with Crippen LogP contribution >= 0.6 is 0 Å². The molecule has 6 heteroatoms. The monoisotopic (exact) mass is 404 g/mol. The Hall–Kier alpha value is -3.12. The minimum Gasteiger partial charge on any atom is -0.398 e. The average Bonchev–Trinajstić information content (AvgIpc) is 3.25. The summed E-state index contributed by atoms with van der Waals surface area (Å²) in [6.07, 6.45) is 4.22. The van der Waals surface area contributed by atoms with Gasteiger partial charge in [0.05, 0.1) is 5.39 Å². The van der Waals surface area contributed by atoms with E-state index < -0.39 is 5.82 Å². The van der Waals surface area contributed by atoms with E-state index in [2.05, 4.69) is 45.1 Å². The smallest absolute Gasteiger partial charge is 0.256 e. The molecular weight excluding hydrogens is 379 g/mol. The van der Waals surface area contributed by atoms with Gasteiger partial charge < -0.3 is 15.6 Å². The van der Waals surface area contributed by atoms with Crippen LogP contribution < -0.4 is 16.2 Å². The first kappa shape index (κ1) is 18.9. The zero-order valence-electron chi connectivity index (χ0n) is 16.8. The fourth-order valence-corrected chi connectivity index (χ4v) is 4.70. The molecule has 1 aliphatic carbocycles. The van der Waals surface area contributed by atoms with Crippen molar-refractivity contribution in [1.82, 2.24) is 9.88 Å². The molecule has 2 aliphatic rings. The van der Waals surface area contributed by atoms with Crippen molar-refractivity contribution in [2.75, 3.05) is 36.8 Å². The van der Waals surface area contributed by atoms with Crippen LogP contribution in [0.2, 0.25) is 0 Å². The molecule has 0 bridgehead atoms. The van der Waals surface area contributed by atoms with E-state index in [1.807, 2.05) is 12.1 Å². The van der Waals surface area contributed by atoms with Gasteiger partial charge in [-0.05, 0) is 48.7 Å². The second kappa shape index (κ2) is 7.61. The van der Waals surface area contributed by atoms with Crippen LogP contribution in [-0.4, -0.2) is 42.1 Å². The maximum atomic E-state index is 13.6. The molecule has 1 aromatic heterocycles. The lowest BCUT2D eigenvalue weighted by Crippen LogP contribution is -2.49. The van der Waals surface area contributed by atoms with Gasteiger partial charge in [-0.1, -0.05) is 24.3 Å². The number of hydrogen-bond acceptors (Lipinski definition) is 4. The van der Waals surface area contributed by atoms with Crippen molar-refractivity contribution < 1.29 is 4.39 Å². The summed E-state index contributed by atoms with van der Waals surface area (Å²) in [6, 6.07) is 15.3. The van der Waals surface area contributed by atoms with Crippen LogP contribution in [-0.2, 0) is 0 Å². The molecule has 30 heavy (non-hydrogen) atoms. The zero-order chi connectivity index (χ0) is 20.7. The molecule has 0 amide bonds. The minimum absolute atomic E-state index is 0.295. The Morgan fingerprint density at radius 1 is 1.00 bits per heavy atom. The third kappa shape index (κ3) is 3.48. The van der Waals surface area contributed by atoms with Crippen molar-refractivity contribution >= 4 is 27.7 Å². The van der Waals surface area contributed by atoms with Gasteiger partial charge in [0.15, 0.2) is 0 Å². The normalized spacial score (nSPS) is 20.0. The summed E-state index contributed by atoms with van der Waals surface area (Å²) in [4.78, 5) is 20.4.